The van der Waals surface area contributed by atoms with E-state index in [4.69, 9.17) is 4.74 Å². The molecule has 3 aromatic heterocycles. The number of pyridine rings is 2. The highest BCUT2D eigenvalue weighted by molar-refractivity contribution is 7.18. The summed E-state index contributed by atoms with van der Waals surface area (Å²) >= 11 is 1.33. The Balaban J connectivity index is 1.88. The lowest BCUT2D eigenvalue weighted by Crippen LogP contribution is -2.08. The first-order valence-electron chi connectivity index (χ1n) is 6.45. The molecular weight excluding hydrogens is 321 g/mol. The van der Waals surface area contributed by atoms with Gasteiger partial charge in [0.15, 0.2) is 0 Å². The van der Waals surface area contributed by atoms with Gasteiger partial charge in [-0.15, -0.1) is 11.3 Å². The smallest absolute Gasteiger partial charge is 0.437 e. The molecule has 0 fully saturated rings. The number of rotatable bonds is 3. The Labute approximate surface area is 134 Å². The zero-order valence-electron chi connectivity index (χ0n) is 11.9. The Hall–Kier alpha value is -2.87. The molecule has 0 bridgehead atoms. The normalized spacial score (nSPS) is 10.3. The number of hydrogen-bond donors (Lipinski definition) is 0. The summed E-state index contributed by atoms with van der Waals surface area (Å²) in [5.41, 5.74) is 1.17. The number of ether oxygens (including phenoxy) is 2. The van der Waals surface area contributed by atoms with Crippen molar-refractivity contribution in [3.63, 3.8) is 0 Å². The Morgan fingerprint density at radius 1 is 1.26 bits per heavy atom. The highest BCUT2D eigenvalue weighted by Gasteiger charge is 2.11. The average Bonchev–Trinajstić information content (AvgIpc) is 3.05. The van der Waals surface area contributed by atoms with E-state index in [1.54, 1.807) is 24.4 Å². The summed E-state index contributed by atoms with van der Waals surface area (Å²) in [6.45, 7) is 0. The summed E-state index contributed by atoms with van der Waals surface area (Å²) in [5.74, 6) is -0.303. The summed E-state index contributed by atoms with van der Waals surface area (Å²) in [5, 5.41) is 0.619. The number of aromatic nitrogens is 3. The molecule has 0 saturated carbocycles. The van der Waals surface area contributed by atoms with Gasteiger partial charge in [-0.2, -0.15) is 0 Å². The maximum atomic E-state index is 13.2. The number of hydrogen-bond acceptors (Lipinski definition) is 7. The Bertz CT molecular complexity index is 853. The van der Waals surface area contributed by atoms with Crippen molar-refractivity contribution in [3.8, 4) is 27.0 Å². The van der Waals surface area contributed by atoms with Crippen LogP contribution in [-0.4, -0.2) is 28.2 Å². The van der Waals surface area contributed by atoms with Crippen molar-refractivity contribution >= 4 is 17.5 Å². The van der Waals surface area contributed by atoms with Gasteiger partial charge in [0.1, 0.15) is 10.8 Å². The zero-order chi connectivity index (χ0) is 16.2. The minimum Gasteiger partial charge on any atom is -0.437 e. The molecule has 3 heterocycles. The van der Waals surface area contributed by atoms with E-state index >= 15 is 0 Å². The van der Waals surface area contributed by atoms with Gasteiger partial charge in [0.25, 0.3) is 0 Å². The lowest BCUT2D eigenvalue weighted by molar-refractivity contribution is 0.119. The SMILES string of the molecule is COC(=O)Oc1cccc(-c2cnc(-c3cncc(F)c3)s2)n1. The van der Waals surface area contributed by atoms with Crippen molar-refractivity contribution in [2.24, 2.45) is 0 Å². The molecule has 0 unspecified atom stereocenters. The van der Waals surface area contributed by atoms with Crippen LogP contribution in [0, 0.1) is 5.82 Å². The van der Waals surface area contributed by atoms with Crippen LogP contribution in [0.25, 0.3) is 21.1 Å². The van der Waals surface area contributed by atoms with Crippen molar-refractivity contribution in [2.75, 3.05) is 7.11 Å². The predicted molar refractivity (Wildman–Crippen MR) is 81.6 cm³/mol. The quantitative estimate of drug-likeness (QED) is 0.683. The van der Waals surface area contributed by atoms with E-state index in [9.17, 15) is 9.18 Å². The first-order valence-corrected chi connectivity index (χ1v) is 7.27. The van der Waals surface area contributed by atoms with Crippen molar-refractivity contribution in [2.45, 2.75) is 0 Å². The van der Waals surface area contributed by atoms with E-state index in [1.165, 1.54) is 30.7 Å². The van der Waals surface area contributed by atoms with E-state index in [1.807, 2.05) is 0 Å². The van der Waals surface area contributed by atoms with Gasteiger partial charge >= 0.3 is 6.16 Å². The van der Waals surface area contributed by atoms with Gasteiger partial charge < -0.3 is 9.47 Å². The van der Waals surface area contributed by atoms with Crippen LogP contribution in [0.3, 0.4) is 0 Å². The number of nitrogens with zero attached hydrogens (tertiary/aromatic N) is 3. The van der Waals surface area contributed by atoms with Crippen LogP contribution in [0.2, 0.25) is 0 Å². The van der Waals surface area contributed by atoms with Crippen molar-refractivity contribution in [1.29, 1.82) is 0 Å². The first-order chi connectivity index (χ1) is 11.2. The number of halogens is 1. The monoisotopic (exact) mass is 331 g/mol. The van der Waals surface area contributed by atoms with Crippen LogP contribution in [0.15, 0.2) is 42.9 Å². The lowest BCUT2D eigenvalue weighted by atomic mass is 10.3. The molecule has 23 heavy (non-hydrogen) atoms. The minimum absolute atomic E-state index is 0.122. The molecule has 0 spiro atoms. The molecule has 8 heteroatoms. The van der Waals surface area contributed by atoms with E-state index in [-0.39, 0.29) is 5.88 Å². The van der Waals surface area contributed by atoms with Crippen molar-refractivity contribution in [1.82, 2.24) is 15.0 Å². The average molecular weight is 331 g/mol. The highest BCUT2D eigenvalue weighted by Crippen LogP contribution is 2.31. The number of methoxy groups -OCH3 is 1. The van der Waals surface area contributed by atoms with Crippen LogP contribution < -0.4 is 4.74 Å². The van der Waals surface area contributed by atoms with Gasteiger partial charge in [-0.05, 0) is 12.1 Å². The minimum atomic E-state index is -0.842. The standard InChI is InChI=1S/C15H10FN3O3S/c1-21-15(20)22-13-4-2-3-11(19-13)12-8-18-14(23-12)9-5-10(16)7-17-6-9/h2-8H,1H3. The Morgan fingerprint density at radius 3 is 2.91 bits per heavy atom. The van der Waals surface area contributed by atoms with Gasteiger partial charge in [0.05, 0.1) is 23.9 Å². The van der Waals surface area contributed by atoms with E-state index in [0.29, 0.717) is 16.3 Å². The van der Waals surface area contributed by atoms with Crippen molar-refractivity contribution < 1.29 is 18.7 Å². The van der Waals surface area contributed by atoms with Gasteiger partial charge in [0.2, 0.25) is 5.88 Å². The second kappa shape index (κ2) is 6.49. The van der Waals surface area contributed by atoms with E-state index in [0.717, 1.165) is 11.1 Å². The molecule has 6 nitrogen and oxygen atoms in total. The third-order valence-electron chi connectivity index (χ3n) is 2.79. The van der Waals surface area contributed by atoms with Crippen LogP contribution in [0.4, 0.5) is 9.18 Å². The van der Waals surface area contributed by atoms with Gasteiger partial charge in [-0.3, -0.25) is 4.98 Å². The van der Waals surface area contributed by atoms with E-state index in [2.05, 4.69) is 19.7 Å². The molecule has 0 aliphatic heterocycles. The summed E-state index contributed by atoms with van der Waals surface area (Å²) in [4.78, 5) is 24.1. The molecule has 3 rings (SSSR count). The Morgan fingerprint density at radius 2 is 2.13 bits per heavy atom. The van der Waals surface area contributed by atoms with Gasteiger partial charge in [0, 0.05) is 24.0 Å². The fraction of sp³-hybridized carbons (Fsp3) is 0.0667. The highest BCUT2D eigenvalue weighted by atomic mass is 32.1. The topological polar surface area (TPSA) is 74.2 Å². The van der Waals surface area contributed by atoms with Crippen molar-refractivity contribution in [3.05, 3.63) is 48.7 Å². The molecule has 116 valence electrons. The molecule has 3 aromatic rings. The summed E-state index contributed by atoms with van der Waals surface area (Å²) in [6.07, 6.45) is 3.45. The molecule has 0 aromatic carbocycles. The zero-order valence-corrected chi connectivity index (χ0v) is 12.7. The predicted octanol–water partition coefficient (Wildman–Crippen LogP) is 3.55. The van der Waals surface area contributed by atoms with Crippen LogP contribution in [0.1, 0.15) is 0 Å². The van der Waals surface area contributed by atoms with Crippen LogP contribution in [-0.2, 0) is 4.74 Å². The maximum absolute atomic E-state index is 13.2. The molecule has 0 N–H and O–H groups in total. The number of carbonyl (C=O) groups is 1. The van der Waals surface area contributed by atoms with Crippen LogP contribution >= 0.6 is 11.3 Å². The Kier molecular flexibility index (Phi) is 4.24. The number of carbonyl (C=O) groups excluding carboxylic acids is 1. The molecule has 0 amide bonds. The van der Waals surface area contributed by atoms with Gasteiger partial charge in [-0.1, -0.05) is 6.07 Å². The number of thiazole rings is 1. The summed E-state index contributed by atoms with van der Waals surface area (Å²) in [6, 6.07) is 6.35. The third kappa shape index (κ3) is 3.49. The summed E-state index contributed by atoms with van der Waals surface area (Å²) in [7, 11) is 1.22. The molecule has 0 aliphatic carbocycles. The third-order valence-corrected chi connectivity index (χ3v) is 3.86. The molecule has 0 atom stereocenters. The van der Waals surface area contributed by atoms with Gasteiger partial charge in [-0.25, -0.2) is 19.2 Å². The molecule has 0 aliphatic rings. The lowest BCUT2D eigenvalue weighted by Gasteiger charge is -2.02. The fourth-order valence-corrected chi connectivity index (χ4v) is 2.66. The molecule has 0 radical (unpaired) electrons. The summed E-state index contributed by atoms with van der Waals surface area (Å²) < 4.78 is 22.5. The molecule has 0 saturated heterocycles. The first kappa shape index (κ1) is 15.0. The molecular formula is C15H10FN3O3S. The second-order valence-corrected chi connectivity index (χ2v) is 5.37. The fourth-order valence-electron chi connectivity index (χ4n) is 1.79. The van der Waals surface area contributed by atoms with Crippen LogP contribution in [0.5, 0.6) is 5.88 Å². The van der Waals surface area contributed by atoms with E-state index < -0.39 is 12.0 Å². The maximum Gasteiger partial charge on any atom is 0.514 e. The second-order valence-electron chi connectivity index (χ2n) is 4.34. The largest absolute Gasteiger partial charge is 0.514 e.